The molecule has 2 nitrogen and oxygen atoms in total. The van der Waals surface area contributed by atoms with E-state index in [2.05, 4.69) is 0 Å². The minimum atomic E-state index is 0.268. The Morgan fingerprint density at radius 3 is 2.37 bits per heavy atom. The number of nitrogens with two attached hydrogens (primary N) is 1. The molecule has 0 aromatic rings. The molecule has 1 saturated heterocycles. The fourth-order valence-electron chi connectivity index (χ4n) is 4.53. The predicted molar refractivity (Wildman–Crippen MR) is 79.0 cm³/mol. The van der Waals surface area contributed by atoms with Crippen molar-refractivity contribution >= 4 is 0 Å². The van der Waals surface area contributed by atoms with Crippen LogP contribution in [-0.4, -0.2) is 18.2 Å². The maximum atomic E-state index is 6.57. The van der Waals surface area contributed by atoms with E-state index in [-0.39, 0.29) is 5.60 Å². The molecular weight excluding hydrogens is 234 g/mol. The van der Waals surface area contributed by atoms with E-state index in [1.807, 2.05) is 0 Å². The highest BCUT2D eigenvalue weighted by atomic mass is 16.5. The van der Waals surface area contributed by atoms with E-state index in [9.17, 15) is 0 Å². The van der Waals surface area contributed by atoms with Crippen molar-refractivity contribution in [2.75, 3.05) is 6.61 Å². The zero-order valence-electron chi connectivity index (χ0n) is 12.4. The van der Waals surface area contributed by atoms with Gasteiger partial charge in [-0.25, -0.2) is 0 Å². The van der Waals surface area contributed by atoms with Gasteiger partial charge in [0.05, 0.1) is 5.60 Å². The van der Waals surface area contributed by atoms with Crippen molar-refractivity contribution in [3.8, 4) is 0 Å². The fourth-order valence-corrected chi connectivity index (χ4v) is 4.53. The molecule has 2 heteroatoms. The van der Waals surface area contributed by atoms with Gasteiger partial charge in [-0.15, -0.1) is 0 Å². The van der Waals surface area contributed by atoms with Gasteiger partial charge in [-0.05, 0) is 50.4 Å². The Bertz CT molecular complexity index is 279. The molecule has 2 atom stereocenters. The molecule has 3 rings (SSSR count). The maximum absolute atomic E-state index is 6.57. The number of ether oxygens (including phenoxy) is 1. The first-order valence-electron chi connectivity index (χ1n) is 8.67. The lowest BCUT2D eigenvalue weighted by Gasteiger charge is -2.48. The van der Waals surface area contributed by atoms with Crippen LogP contribution in [0.2, 0.25) is 0 Å². The lowest BCUT2D eigenvalue weighted by Crippen LogP contribution is -2.49. The molecule has 0 aromatic heterocycles. The van der Waals surface area contributed by atoms with Crippen molar-refractivity contribution < 1.29 is 4.74 Å². The fraction of sp³-hybridized carbons (Fsp3) is 1.00. The maximum Gasteiger partial charge on any atom is 0.0685 e. The third kappa shape index (κ3) is 3.33. The van der Waals surface area contributed by atoms with Crippen molar-refractivity contribution in [1.82, 2.24) is 0 Å². The zero-order valence-corrected chi connectivity index (χ0v) is 12.4. The Hall–Kier alpha value is -0.0800. The highest BCUT2D eigenvalue weighted by molar-refractivity contribution is 4.96. The van der Waals surface area contributed by atoms with Gasteiger partial charge in [0.2, 0.25) is 0 Å². The summed E-state index contributed by atoms with van der Waals surface area (Å²) < 4.78 is 6.04. The second-order valence-corrected chi connectivity index (χ2v) is 7.40. The third-order valence-electron chi connectivity index (χ3n) is 5.98. The zero-order chi connectivity index (χ0) is 13.1. The topological polar surface area (TPSA) is 35.2 Å². The Kier molecular flexibility index (Phi) is 4.48. The second-order valence-electron chi connectivity index (χ2n) is 7.40. The normalized spacial score (nSPS) is 33.6. The standard InChI is InChI=1S/C17H31NO/c18-16(12-14-6-3-1-2-4-7-14)15-8-11-19-17(13-15)9-5-10-17/h14-16H,1-13,18H2. The molecule has 0 amide bonds. The molecule has 3 aliphatic rings. The summed E-state index contributed by atoms with van der Waals surface area (Å²) in [5.41, 5.74) is 6.84. The molecule has 0 radical (unpaired) electrons. The van der Waals surface area contributed by atoms with Crippen LogP contribution in [0.3, 0.4) is 0 Å². The minimum Gasteiger partial charge on any atom is -0.375 e. The van der Waals surface area contributed by atoms with E-state index >= 15 is 0 Å². The summed E-state index contributed by atoms with van der Waals surface area (Å²) in [6.07, 6.45) is 16.3. The van der Waals surface area contributed by atoms with Gasteiger partial charge in [-0.3, -0.25) is 0 Å². The SMILES string of the molecule is NC(CC1CCCCCC1)C1CCOC2(CCC2)C1. The van der Waals surface area contributed by atoms with Crippen molar-refractivity contribution in [3.05, 3.63) is 0 Å². The molecule has 0 bridgehead atoms. The highest BCUT2D eigenvalue weighted by Gasteiger charge is 2.43. The summed E-state index contributed by atoms with van der Waals surface area (Å²) >= 11 is 0. The van der Waals surface area contributed by atoms with Crippen molar-refractivity contribution in [3.63, 3.8) is 0 Å². The van der Waals surface area contributed by atoms with Crippen LogP contribution in [0, 0.1) is 11.8 Å². The monoisotopic (exact) mass is 265 g/mol. The smallest absolute Gasteiger partial charge is 0.0685 e. The van der Waals surface area contributed by atoms with Crippen molar-refractivity contribution in [2.24, 2.45) is 17.6 Å². The van der Waals surface area contributed by atoms with Gasteiger partial charge < -0.3 is 10.5 Å². The average Bonchev–Trinajstić information content (AvgIpc) is 2.66. The Labute approximate surface area is 118 Å². The average molecular weight is 265 g/mol. The molecule has 0 aromatic carbocycles. The van der Waals surface area contributed by atoms with E-state index in [1.165, 1.54) is 77.0 Å². The van der Waals surface area contributed by atoms with Crippen LogP contribution in [0.25, 0.3) is 0 Å². The van der Waals surface area contributed by atoms with Gasteiger partial charge in [0.15, 0.2) is 0 Å². The molecule has 110 valence electrons. The van der Waals surface area contributed by atoms with Crippen molar-refractivity contribution in [2.45, 2.75) is 88.7 Å². The van der Waals surface area contributed by atoms with E-state index in [1.54, 1.807) is 0 Å². The molecule has 1 spiro atoms. The van der Waals surface area contributed by atoms with E-state index in [0.29, 0.717) is 6.04 Å². The Balaban J connectivity index is 1.49. The van der Waals surface area contributed by atoms with Gasteiger partial charge >= 0.3 is 0 Å². The molecule has 1 heterocycles. The first-order chi connectivity index (χ1) is 9.27. The van der Waals surface area contributed by atoms with Crippen molar-refractivity contribution in [1.29, 1.82) is 0 Å². The van der Waals surface area contributed by atoms with E-state index in [0.717, 1.165) is 18.4 Å². The predicted octanol–water partition coefficient (Wildman–Crippen LogP) is 4.02. The van der Waals surface area contributed by atoms with Crippen LogP contribution in [0.15, 0.2) is 0 Å². The summed E-state index contributed by atoms with van der Waals surface area (Å²) in [6.45, 7) is 0.961. The number of hydrogen-bond donors (Lipinski definition) is 1. The minimum absolute atomic E-state index is 0.268. The van der Waals surface area contributed by atoms with Crippen LogP contribution >= 0.6 is 0 Å². The number of hydrogen-bond acceptors (Lipinski definition) is 2. The van der Waals surface area contributed by atoms with Crippen LogP contribution in [0.1, 0.15) is 77.0 Å². The van der Waals surface area contributed by atoms with Gasteiger partial charge in [-0.1, -0.05) is 38.5 Å². The summed E-state index contributed by atoms with van der Waals surface area (Å²) in [4.78, 5) is 0. The summed E-state index contributed by atoms with van der Waals surface area (Å²) in [5, 5.41) is 0. The lowest BCUT2D eigenvalue weighted by molar-refractivity contribution is -0.146. The Morgan fingerprint density at radius 2 is 1.74 bits per heavy atom. The first-order valence-corrected chi connectivity index (χ1v) is 8.67. The molecule has 3 fully saturated rings. The summed E-state index contributed by atoms with van der Waals surface area (Å²) in [7, 11) is 0. The lowest BCUT2D eigenvalue weighted by atomic mass is 9.69. The van der Waals surface area contributed by atoms with Crippen LogP contribution in [-0.2, 0) is 4.74 Å². The molecule has 19 heavy (non-hydrogen) atoms. The van der Waals surface area contributed by atoms with Gasteiger partial charge in [-0.2, -0.15) is 0 Å². The summed E-state index contributed by atoms with van der Waals surface area (Å²) in [6, 6.07) is 0.435. The van der Waals surface area contributed by atoms with Gasteiger partial charge in [0, 0.05) is 12.6 Å². The molecular formula is C17H31NO. The van der Waals surface area contributed by atoms with Crippen LogP contribution < -0.4 is 5.73 Å². The number of rotatable bonds is 3. The third-order valence-corrected chi connectivity index (χ3v) is 5.98. The highest BCUT2D eigenvalue weighted by Crippen LogP contribution is 2.45. The van der Waals surface area contributed by atoms with Crippen LogP contribution in [0.4, 0.5) is 0 Å². The largest absolute Gasteiger partial charge is 0.375 e. The van der Waals surface area contributed by atoms with Gasteiger partial charge in [0.1, 0.15) is 0 Å². The molecule has 2 N–H and O–H groups in total. The van der Waals surface area contributed by atoms with Gasteiger partial charge in [0.25, 0.3) is 0 Å². The quantitative estimate of drug-likeness (QED) is 0.782. The summed E-state index contributed by atoms with van der Waals surface area (Å²) in [5.74, 6) is 1.65. The molecule has 2 saturated carbocycles. The first kappa shape index (κ1) is 13.9. The molecule has 1 aliphatic heterocycles. The molecule has 2 aliphatic carbocycles. The molecule has 2 unspecified atom stereocenters. The van der Waals surface area contributed by atoms with E-state index < -0.39 is 0 Å². The van der Waals surface area contributed by atoms with Crippen LogP contribution in [0.5, 0.6) is 0 Å². The van der Waals surface area contributed by atoms with E-state index in [4.69, 9.17) is 10.5 Å². The second kappa shape index (κ2) is 6.13. The Morgan fingerprint density at radius 1 is 1.00 bits per heavy atom.